The van der Waals surface area contributed by atoms with Gasteiger partial charge >= 0.3 is 0 Å². The van der Waals surface area contributed by atoms with Crippen molar-refractivity contribution >= 4 is 29.3 Å². The zero-order chi connectivity index (χ0) is 12.7. The summed E-state index contributed by atoms with van der Waals surface area (Å²) in [5, 5.41) is 12.4. The van der Waals surface area contributed by atoms with Gasteiger partial charge in [-0.15, -0.1) is 11.8 Å². The van der Waals surface area contributed by atoms with Gasteiger partial charge in [-0.2, -0.15) is 0 Å². The first-order valence-corrected chi connectivity index (χ1v) is 6.78. The molecule has 17 heavy (non-hydrogen) atoms. The lowest BCUT2D eigenvalue weighted by Crippen LogP contribution is -2.30. The van der Waals surface area contributed by atoms with Gasteiger partial charge in [0.05, 0.1) is 11.1 Å². The van der Waals surface area contributed by atoms with Gasteiger partial charge in [-0.1, -0.05) is 23.7 Å². The number of thioether (sulfide) groups is 1. The van der Waals surface area contributed by atoms with E-state index in [1.54, 1.807) is 18.7 Å². The fourth-order valence-corrected chi connectivity index (χ4v) is 2.35. The van der Waals surface area contributed by atoms with E-state index in [1.165, 1.54) is 0 Å². The Morgan fingerprint density at radius 2 is 2.24 bits per heavy atom. The van der Waals surface area contributed by atoms with Crippen molar-refractivity contribution in [3.8, 4) is 0 Å². The topological polar surface area (TPSA) is 49.3 Å². The quantitative estimate of drug-likeness (QED) is 0.782. The molecule has 0 radical (unpaired) electrons. The average molecular weight is 274 g/mol. The third-order valence-corrected chi connectivity index (χ3v) is 3.53. The number of carbonyl (C=O) groups is 1. The van der Waals surface area contributed by atoms with E-state index in [9.17, 15) is 4.79 Å². The second kappa shape index (κ2) is 7.58. The van der Waals surface area contributed by atoms with Gasteiger partial charge in [-0.25, -0.2) is 0 Å². The number of amides is 1. The van der Waals surface area contributed by atoms with Gasteiger partial charge in [0, 0.05) is 23.6 Å². The SMILES string of the molecule is C[C@@H](O)CNC(=O)CCSc1ccccc1Cl. The van der Waals surface area contributed by atoms with E-state index in [1.807, 2.05) is 24.3 Å². The number of hydrogen-bond donors (Lipinski definition) is 2. The molecule has 0 spiro atoms. The van der Waals surface area contributed by atoms with Crippen molar-refractivity contribution in [3.05, 3.63) is 29.3 Å². The molecule has 1 rings (SSSR count). The van der Waals surface area contributed by atoms with E-state index in [0.29, 0.717) is 23.7 Å². The molecule has 2 N–H and O–H groups in total. The highest BCUT2D eigenvalue weighted by Crippen LogP contribution is 2.26. The Labute approximate surface area is 111 Å². The Balaban J connectivity index is 2.24. The molecule has 0 bridgehead atoms. The fourth-order valence-electron chi connectivity index (χ4n) is 1.17. The lowest BCUT2D eigenvalue weighted by Gasteiger charge is -2.07. The van der Waals surface area contributed by atoms with Crippen LogP contribution in [-0.4, -0.2) is 29.4 Å². The third kappa shape index (κ3) is 5.96. The van der Waals surface area contributed by atoms with Crippen molar-refractivity contribution < 1.29 is 9.90 Å². The van der Waals surface area contributed by atoms with Crippen LogP contribution in [-0.2, 0) is 4.79 Å². The first-order valence-electron chi connectivity index (χ1n) is 5.41. The van der Waals surface area contributed by atoms with E-state index in [2.05, 4.69) is 5.32 Å². The monoisotopic (exact) mass is 273 g/mol. The van der Waals surface area contributed by atoms with Crippen LogP contribution in [0.25, 0.3) is 0 Å². The molecule has 94 valence electrons. The molecule has 1 amide bonds. The lowest BCUT2D eigenvalue weighted by atomic mass is 10.4. The van der Waals surface area contributed by atoms with Gasteiger partial charge in [0.1, 0.15) is 0 Å². The summed E-state index contributed by atoms with van der Waals surface area (Å²) in [4.78, 5) is 12.3. The summed E-state index contributed by atoms with van der Waals surface area (Å²) in [6.07, 6.45) is -0.0852. The summed E-state index contributed by atoms with van der Waals surface area (Å²) in [6, 6.07) is 7.56. The lowest BCUT2D eigenvalue weighted by molar-refractivity contribution is -0.121. The van der Waals surface area contributed by atoms with Gasteiger partial charge in [0.2, 0.25) is 5.91 Å². The first kappa shape index (κ1) is 14.4. The number of nitrogens with one attached hydrogen (secondary N) is 1. The molecule has 0 fully saturated rings. The second-order valence-electron chi connectivity index (χ2n) is 3.68. The number of benzene rings is 1. The maximum absolute atomic E-state index is 11.4. The van der Waals surface area contributed by atoms with Crippen molar-refractivity contribution in [1.82, 2.24) is 5.32 Å². The molecule has 0 aliphatic rings. The van der Waals surface area contributed by atoms with Gasteiger partial charge in [0.25, 0.3) is 0 Å². The van der Waals surface area contributed by atoms with Gasteiger partial charge in [0.15, 0.2) is 0 Å². The van der Waals surface area contributed by atoms with Crippen molar-refractivity contribution in [1.29, 1.82) is 0 Å². The average Bonchev–Trinajstić information content (AvgIpc) is 2.29. The van der Waals surface area contributed by atoms with Gasteiger partial charge in [-0.3, -0.25) is 4.79 Å². The van der Waals surface area contributed by atoms with Crippen molar-refractivity contribution in [2.24, 2.45) is 0 Å². The summed E-state index contributed by atoms with van der Waals surface area (Å²) >= 11 is 7.54. The maximum atomic E-state index is 11.4. The number of aliphatic hydroxyl groups is 1. The van der Waals surface area contributed by atoms with Crippen LogP contribution < -0.4 is 5.32 Å². The molecule has 0 unspecified atom stereocenters. The van der Waals surface area contributed by atoms with E-state index >= 15 is 0 Å². The van der Waals surface area contributed by atoms with E-state index in [-0.39, 0.29) is 5.91 Å². The normalized spacial score (nSPS) is 12.2. The molecular weight excluding hydrogens is 258 g/mol. The highest BCUT2D eigenvalue weighted by Gasteiger charge is 2.04. The molecule has 1 aromatic carbocycles. The summed E-state index contributed by atoms with van der Waals surface area (Å²) in [5.74, 6) is 0.625. The number of aliphatic hydroxyl groups excluding tert-OH is 1. The summed E-state index contributed by atoms with van der Waals surface area (Å²) < 4.78 is 0. The minimum Gasteiger partial charge on any atom is -0.392 e. The van der Waals surface area contributed by atoms with E-state index in [0.717, 1.165) is 4.90 Å². The van der Waals surface area contributed by atoms with Crippen LogP contribution in [0.15, 0.2) is 29.2 Å². The highest BCUT2D eigenvalue weighted by molar-refractivity contribution is 7.99. The van der Waals surface area contributed by atoms with Crippen molar-refractivity contribution in [2.45, 2.75) is 24.3 Å². The van der Waals surface area contributed by atoms with E-state index < -0.39 is 6.10 Å². The molecule has 0 saturated carbocycles. The van der Waals surface area contributed by atoms with Crippen LogP contribution in [0.1, 0.15) is 13.3 Å². The Morgan fingerprint density at radius 1 is 1.53 bits per heavy atom. The van der Waals surface area contributed by atoms with Gasteiger partial charge < -0.3 is 10.4 Å². The van der Waals surface area contributed by atoms with Crippen LogP contribution >= 0.6 is 23.4 Å². The predicted octanol–water partition coefficient (Wildman–Crippen LogP) is 2.32. The smallest absolute Gasteiger partial charge is 0.220 e. The molecule has 0 aliphatic carbocycles. The molecule has 5 heteroatoms. The minimum atomic E-state index is -0.504. The zero-order valence-corrected chi connectivity index (χ0v) is 11.2. The molecule has 1 atom stereocenters. The van der Waals surface area contributed by atoms with Gasteiger partial charge in [-0.05, 0) is 19.1 Å². The van der Waals surface area contributed by atoms with Crippen LogP contribution in [0.2, 0.25) is 5.02 Å². The van der Waals surface area contributed by atoms with Crippen LogP contribution in [0.4, 0.5) is 0 Å². The standard InChI is InChI=1S/C12H16ClNO2S/c1-9(15)8-14-12(16)6-7-17-11-5-3-2-4-10(11)13/h2-5,9,15H,6-8H2,1H3,(H,14,16)/t9-/m1/s1. The Kier molecular flexibility index (Phi) is 6.40. The van der Waals surface area contributed by atoms with Crippen LogP contribution in [0, 0.1) is 0 Å². The Hall–Kier alpha value is -0.710. The molecule has 0 heterocycles. The minimum absolute atomic E-state index is 0.0505. The summed E-state index contributed by atoms with van der Waals surface area (Å²) in [7, 11) is 0. The summed E-state index contributed by atoms with van der Waals surface area (Å²) in [5.41, 5.74) is 0. The molecular formula is C12H16ClNO2S. The molecule has 1 aromatic rings. The maximum Gasteiger partial charge on any atom is 0.220 e. The Morgan fingerprint density at radius 3 is 2.88 bits per heavy atom. The molecule has 0 saturated heterocycles. The van der Waals surface area contributed by atoms with E-state index in [4.69, 9.17) is 16.7 Å². The fraction of sp³-hybridized carbons (Fsp3) is 0.417. The molecule has 0 aliphatic heterocycles. The van der Waals surface area contributed by atoms with Crippen LogP contribution in [0.3, 0.4) is 0 Å². The Bertz CT molecular complexity index is 371. The molecule has 3 nitrogen and oxygen atoms in total. The van der Waals surface area contributed by atoms with Crippen LogP contribution in [0.5, 0.6) is 0 Å². The number of carbonyl (C=O) groups excluding carboxylic acids is 1. The van der Waals surface area contributed by atoms with Crippen molar-refractivity contribution in [2.75, 3.05) is 12.3 Å². The highest BCUT2D eigenvalue weighted by atomic mass is 35.5. The number of hydrogen-bond acceptors (Lipinski definition) is 3. The van der Waals surface area contributed by atoms with Crippen molar-refractivity contribution in [3.63, 3.8) is 0 Å². The second-order valence-corrected chi connectivity index (χ2v) is 5.23. The number of rotatable bonds is 6. The predicted molar refractivity (Wildman–Crippen MR) is 71.5 cm³/mol. The third-order valence-electron chi connectivity index (χ3n) is 2.02. The number of halogens is 1. The zero-order valence-electron chi connectivity index (χ0n) is 9.65. The summed E-state index contributed by atoms with van der Waals surface area (Å²) in [6.45, 7) is 1.94. The first-order chi connectivity index (χ1) is 8.09. The largest absolute Gasteiger partial charge is 0.392 e. The molecule has 0 aromatic heterocycles.